The molecule has 170 valence electrons. The number of aliphatic hydroxyl groups is 1. The van der Waals surface area contributed by atoms with Gasteiger partial charge in [0.1, 0.15) is 11.6 Å². The minimum atomic E-state index is -3.61. The van der Waals surface area contributed by atoms with E-state index in [1.54, 1.807) is 24.4 Å². The number of allylic oxidation sites excluding steroid dienone is 1. The number of likely N-dealkylation sites (tertiary alicyclic amines) is 1. The molecule has 4 rings (SSSR count). The van der Waals surface area contributed by atoms with Gasteiger partial charge in [0.15, 0.2) is 15.2 Å². The average molecular weight is 460 g/mol. The van der Waals surface area contributed by atoms with Crippen molar-refractivity contribution in [1.82, 2.24) is 14.9 Å². The van der Waals surface area contributed by atoms with Gasteiger partial charge in [-0.1, -0.05) is 12.1 Å². The summed E-state index contributed by atoms with van der Waals surface area (Å²) in [6, 6.07) is 4.59. The molecule has 1 aromatic carbocycles. The van der Waals surface area contributed by atoms with Crippen LogP contribution in [-0.2, 0) is 9.84 Å². The van der Waals surface area contributed by atoms with Gasteiger partial charge in [-0.25, -0.2) is 17.8 Å². The average Bonchev–Trinajstić information content (AvgIpc) is 2.80. The Labute approximate surface area is 186 Å². The predicted molar refractivity (Wildman–Crippen MR) is 122 cm³/mol. The van der Waals surface area contributed by atoms with Gasteiger partial charge >= 0.3 is 0 Å². The first-order valence-corrected chi connectivity index (χ1v) is 12.2. The van der Waals surface area contributed by atoms with Crippen LogP contribution < -0.4 is 5.73 Å². The van der Waals surface area contributed by atoms with Crippen molar-refractivity contribution < 1.29 is 17.9 Å². The second-order valence-corrected chi connectivity index (χ2v) is 10.2. The third-order valence-corrected chi connectivity index (χ3v) is 8.33. The van der Waals surface area contributed by atoms with Crippen LogP contribution in [0.3, 0.4) is 0 Å². The number of rotatable bonds is 6. The lowest BCUT2D eigenvalue weighted by atomic mass is 10.00. The molecule has 0 spiro atoms. The molecule has 0 radical (unpaired) electrons. The number of hydrogen-bond acceptors (Lipinski definition) is 8. The number of nitrogens with two attached hydrogens (primary N) is 1. The summed E-state index contributed by atoms with van der Waals surface area (Å²) in [5.74, 6) is -0.281. The van der Waals surface area contributed by atoms with Crippen molar-refractivity contribution in [2.24, 2.45) is 4.99 Å². The molecule has 2 aliphatic rings. The van der Waals surface area contributed by atoms with E-state index in [0.717, 1.165) is 0 Å². The minimum absolute atomic E-state index is 0.0563. The number of nitrogen functional groups attached to an aromatic ring is 1. The lowest BCUT2D eigenvalue weighted by Crippen LogP contribution is -2.43. The van der Waals surface area contributed by atoms with Crippen molar-refractivity contribution in [2.45, 2.75) is 29.9 Å². The molecule has 10 heteroatoms. The SMILES string of the molecule is Nc1cnc(-c2ccc(C3=CCC=NC3S(=O)(=O)C3CCN(CCO)CC3)cc2F)cn1. The molecule has 2 aliphatic heterocycles. The largest absolute Gasteiger partial charge is 0.395 e. The van der Waals surface area contributed by atoms with E-state index in [0.29, 0.717) is 55.7 Å². The number of aliphatic hydroxyl groups excluding tert-OH is 1. The molecule has 0 amide bonds. The predicted octanol–water partition coefficient (Wildman–Crippen LogP) is 1.92. The van der Waals surface area contributed by atoms with Gasteiger partial charge in [0.25, 0.3) is 0 Å². The second kappa shape index (κ2) is 9.43. The molecule has 1 fully saturated rings. The van der Waals surface area contributed by atoms with Crippen molar-refractivity contribution in [2.75, 3.05) is 32.0 Å². The van der Waals surface area contributed by atoms with Crippen LogP contribution >= 0.6 is 0 Å². The van der Waals surface area contributed by atoms with E-state index in [-0.39, 0.29) is 18.0 Å². The molecule has 1 atom stereocenters. The van der Waals surface area contributed by atoms with E-state index in [2.05, 4.69) is 19.9 Å². The summed E-state index contributed by atoms with van der Waals surface area (Å²) in [7, 11) is -3.61. The van der Waals surface area contributed by atoms with E-state index in [4.69, 9.17) is 10.8 Å². The van der Waals surface area contributed by atoms with Crippen LogP contribution in [-0.4, -0.2) is 71.5 Å². The first-order chi connectivity index (χ1) is 15.4. The zero-order chi connectivity index (χ0) is 22.7. The molecule has 0 bridgehead atoms. The van der Waals surface area contributed by atoms with Gasteiger partial charge in [-0.3, -0.25) is 9.98 Å². The number of anilines is 1. The Bertz CT molecular complexity index is 1130. The van der Waals surface area contributed by atoms with Crippen molar-refractivity contribution >= 4 is 27.4 Å². The molecule has 8 nitrogen and oxygen atoms in total. The quantitative estimate of drug-likeness (QED) is 0.677. The maximum Gasteiger partial charge on any atom is 0.180 e. The summed E-state index contributed by atoms with van der Waals surface area (Å²) in [4.78, 5) is 14.4. The molecule has 3 N–H and O–H groups in total. The van der Waals surface area contributed by atoms with Gasteiger partial charge in [-0.2, -0.15) is 0 Å². The van der Waals surface area contributed by atoms with E-state index < -0.39 is 26.3 Å². The Morgan fingerprint density at radius 1 is 1.19 bits per heavy atom. The number of dihydropyridines is 1. The van der Waals surface area contributed by atoms with Crippen molar-refractivity contribution in [3.8, 4) is 11.3 Å². The highest BCUT2D eigenvalue weighted by Gasteiger charge is 2.38. The van der Waals surface area contributed by atoms with Crippen LogP contribution in [0.5, 0.6) is 0 Å². The Balaban J connectivity index is 1.58. The number of benzene rings is 1. The Morgan fingerprint density at radius 3 is 2.62 bits per heavy atom. The van der Waals surface area contributed by atoms with Crippen LogP contribution in [0.25, 0.3) is 16.8 Å². The highest BCUT2D eigenvalue weighted by molar-refractivity contribution is 7.93. The van der Waals surface area contributed by atoms with Crippen molar-refractivity contribution in [1.29, 1.82) is 0 Å². The molecule has 32 heavy (non-hydrogen) atoms. The summed E-state index contributed by atoms with van der Waals surface area (Å²) in [6.45, 7) is 1.84. The van der Waals surface area contributed by atoms with Gasteiger partial charge in [-0.15, -0.1) is 0 Å². The van der Waals surface area contributed by atoms with Crippen LogP contribution in [0.1, 0.15) is 24.8 Å². The number of aromatic nitrogens is 2. The van der Waals surface area contributed by atoms with E-state index in [1.807, 2.05) is 0 Å². The Kier molecular flexibility index (Phi) is 6.63. The van der Waals surface area contributed by atoms with Crippen LogP contribution in [0, 0.1) is 5.82 Å². The van der Waals surface area contributed by atoms with Gasteiger partial charge in [-0.05, 0) is 49.2 Å². The van der Waals surface area contributed by atoms with Crippen LogP contribution in [0.2, 0.25) is 0 Å². The topological polar surface area (TPSA) is 122 Å². The van der Waals surface area contributed by atoms with Gasteiger partial charge in [0, 0.05) is 24.7 Å². The number of hydrogen-bond donors (Lipinski definition) is 2. The number of sulfone groups is 1. The number of halogens is 1. The molecule has 3 heterocycles. The standard InChI is InChI=1S/C22H26FN5O3S/c23-19-12-15(3-4-18(19)20-13-27-21(24)14-26-20)17-2-1-7-25-22(17)32(30,31)16-5-8-28(9-6-16)10-11-29/h2-4,7,12-14,16,22,29H,1,5-6,8-11H2,(H2,24,27). The highest BCUT2D eigenvalue weighted by Crippen LogP contribution is 2.34. The normalized spacial score (nSPS) is 20.3. The maximum atomic E-state index is 14.9. The molecule has 1 aromatic heterocycles. The van der Waals surface area contributed by atoms with Gasteiger partial charge in [0.2, 0.25) is 0 Å². The summed E-state index contributed by atoms with van der Waals surface area (Å²) < 4.78 is 41.8. The molecular formula is C22H26FN5O3S. The second-order valence-electron chi connectivity index (χ2n) is 7.95. The fourth-order valence-electron chi connectivity index (χ4n) is 4.20. The molecule has 1 saturated heterocycles. The van der Waals surface area contributed by atoms with Gasteiger partial charge in [0.05, 0.1) is 29.9 Å². The molecule has 1 unspecified atom stereocenters. The lowest BCUT2D eigenvalue weighted by Gasteiger charge is -2.33. The molecular weight excluding hydrogens is 433 g/mol. The number of aliphatic imine (C=N–C) groups is 1. The van der Waals surface area contributed by atoms with E-state index in [9.17, 15) is 12.8 Å². The zero-order valence-corrected chi connectivity index (χ0v) is 18.4. The van der Waals surface area contributed by atoms with Crippen LogP contribution in [0.15, 0.2) is 41.7 Å². The fraction of sp³-hybridized carbons (Fsp3) is 0.409. The van der Waals surface area contributed by atoms with Crippen molar-refractivity contribution in [3.05, 3.63) is 48.0 Å². The number of nitrogens with zero attached hydrogens (tertiary/aromatic N) is 4. The zero-order valence-electron chi connectivity index (χ0n) is 17.6. The number of piperidine rings is 1. The van der Waals surface area contributed by atoms with Gasteiger partial charge < -0.3 is 15.7 Å². The van der Waals surface area contributed by atoms with E-state index in [1.165, 1.54) is 18.5 Å². The summed E-state index contributed by atoms with van der Waals surface area (Å²) in [5, 5.41) is 7.54. The maximum absolute atomic E-state index is 14.9. The monoisotopic (exact) mass is 459 g/mol. The molecule has 2 aromatic rings. The third kappa shape index (κ3) is 4.57. The van der Waals surface area contributed by atoms with Crippen LogP contribution in [0.4, 0.5) is 10.2 Å². The molecule has 0 saturated carbocycles. The smallest absolute Gasteiger partial charge is 0.180 e. The Morgan fingerprint density at radius 2 is 1.97 bits per heavy atom. The first-order valence-electron chi connectivity index (χ1n) is 10.6. The highest BCUT2D eigenvalue weighted by atomic mass is 32.2. The third-order valence-electron chi connectivity index (χ3n) is 5.93. The molecule has 0 aliphatic carbocycles. The minimum Gasteiger partial charge on any atom is -0.395 e. The van der Waals surface area contributed by atoms with Crippen molar-refractivity contribution in [3.63, 3.8) is 0 Å². The first kappa shape index (κ1) is 22.5. The lowest BCUT2D eigenvalue weighted by molar-refractivity contribution is 0.174. The summed E-state index contributed by atoms with van der Waals surface area (Å²) in [6.07, 6.45) is 7.62. The van der Waals surface area contributed by atoms with E-state index >= 15 is 0 Å². The summed E-state index contributed by atoms with van der Waals surface area (Å²) >= 11 is 0. The summed E-state index contributed by atoms with van der Waals surface area (Å²) in [5.41, 5.74) is 7.13. The Hall–Kier alpha value is -2.69. The number of β-amino-alcohol motifs (C(OH)–C–C–N with tert-alkyl or cyclic N) is 1. The fourth-order valence-corrected chi connectivity index (χ4v) is 6.28.